The number of aromatic nitrogens is 2. The molecule has 0 saturated heterocycles. The maximum atomic E-state index is 12.8. The zero-order chi connectivity index (χ0) is 21.8. The number of amides is 2. The molecule has 154 valence electrons. The van der Waals surface area contributed by atoms with Crippen LogP contribution in [0.5, 0.6) is 0 Å². The first-order valence-corrected chi connectivity index (χ1v) is 9.89. The summed E-state index contributed by atoms with van der Waals surface area (Å²) < 4.78 is 0. The molecule has 0 bridgehead atoms. The number of nitrogens with one attached hydrogen (secondary N) is 3. The van der Waals surface area contributed by atoms with Crippen molar-refractivity contribution in [3.63, 3.8) is 0 Å². The Bertz CT molecular complexity index is 1260. The molecular formula is C22H15Cl2N5O2. The molecule has 0 radical (unpaired) electrons. The van der Waals surface area contributed by atoms with Crippen molar-refractivity contribution in [3.05, 3.63) is 94.4 Å². The first-order chi connectivity index (χ1) is 15.0. The zero-order valence-corrected chi connectivity index (χ0v) is 17.4. The lowest BCUT2D eigenvalue weighted by molar-refractivity contribution is 0.0961. The molecule has 2 aromatic carbocycles. The van der Waals surface area contributed by atoms with E-state index < -0.39 is 5.91 Å². The van der Waals surface area contributed by atoms with Crippen molar-refractivity contribution >= 4 is 57.3 Å². The molecule has 2 amide bonds. The number of para-hydroxylation sites is 1. The Kier molecular flexibility index (Phi) is 5.97. The number of nitrogens with zero attached hydrogens (tertiary/aromatic N) is 2. The van der Waals surface area contributed by atoms with Gasteiger partial charge in [0.2, 0.25) is 0 Å². The Morgan fingerprint density at radius 1 is 0.806 bits per heavy atom. The van der Waals surface area contributed by atoms with E-state index in [0.717, 1.165) is 0 Å². The Balaban J connectivity index is 1.59. The number of pyridine rings is 2. The van der Waals surface area contributed by atoms with Crippen molar-refractivity contribution < 1.29 is 9.59 Å². The first-order valence-electron chi connectivity index (χ1n) is 9.14. The monoisotopic (exact) mass is 451 g/mol. The van der Waals surface area contributed by atoms with E-state index in [1.54, 1.807) is 60.9 Å². The summed E-state index contributed by atoms with van der Waals surface area (Å²) in [4.78, 5) is 33.4. The molecule has 31 heavy (non-hydrogen) atoms. The van der Waals surface area contributed by atoms with Gasteiger partial charge in [-0.2, -0.15) is 0 Å². The summed E-state index contributed by atoms with van der Waals surface area (Å²) in [5, 5.41) is 4.00. The van der Waals surface area contributed by atoms with Gasteiger partial charge in [-0.1, -0.05) is 41.4 Å². The third kappa shape index (κ3) is 4.42. The Morgan fingerprint density at radius 2 is 1.58 bits per heavy atom. The highest BCUT2D eigenvalue weighted by Crippen LogP contribution is 2.29. The number of carbonyl (C=O) groups excluding carboxylic acids is 2. The zero-order valence-electron chi connectivity index (χ0n) is 15.9. The van der Waals surface area contributed by atoms with Gasteiger partial charge in [-0.3, -0.25) is 30.4 Å². The van der Waals surface area contributed by atoms with E-state index in [-0.39, 0.29) is 21.5 Å². The van der Waals surface area contributed by atoms with Gasteiger partial charge in [-0.05, 0) is 36.4 Å². The molecule has 0 atom stereocenters. The van der Waals surface area contributed by atoms with Crippen LogP contribution in [0.15, 0.2) is 73.2 Å². The minimum atomic E-state index is -0.451. The Morgan fingerprint density at radius 3 is 2.32 bits per heavy atom. The molecule has 2 heterocycles. The van der Waals surface area contributed by atoms with Crippen LogP contribution < -0.4 is 16.2 Å². The van der Waals surface area contributed by atoms with Gasteiger partial charge < -0.3 is 5.32 Å². The highest BCUT2D eigenvalue weighted by molar-refractivity contribution is 6.40. The number of anilines is 2. The van der Waals surface area contributed by atoms with Gasteiger partial charge in [-0.15, -0.1) is 0 Å². The quantitative estimate of drug-likeness (QED) is 0.373. The van der Waals surface area contributed by atoms with Crippen molar-refractivity contribution in [2.45, 2.75) is 0 Å². The molecule has 0 fully saturated rings. The maximum Gasteiger partial charge on any atom is 0.271 e. The largest absolute Gasteiger partial charge is 0.320 e. The molecule has 0 unspecified atom stereocenters. The second-order valence-electron chi connectivity index (χ2n) is 6.43. The number of rotatable bonds is 5. The number of halogens is 2. The number of hydrogen-bond acceptors (Lipinski definition) is 5. The Hall–Kier alpha value is -3.68. The summed E-state index contributed by atoms with van der Waals surface area (Å²) in [6, 6.07) is 15.2. The average molecular weight is 452 g/mol. The molecule has 4 rings (SSSR count). The van der Waals surface area contributed by atoms with E-state index in [1.807, 2.05) is 6.07 Å². The van der Waals surface area contributed by atoms with Crippen LogP contribution >= 0.6 is 23.2 Å². The molecule has 3 N–H and O–H groups in total. The van der Waals surface area contributed by atoms with Crippen LogP contribution in [-0.4, -0.2) is 21.8 Å². The summed E-state index contributed by atoms with van der Waals surface area (Å²) in [5.74, 6) is -0.788. The lowest BCUT2D eigenvalue weighted by Crippen LogP contribution is -2.29. The van der Waals surface area contributed by atoms with Crippen LogP contribution in [0.1, 0.15) is 20.7 Å². The van der Waals surface area contributed by atoms with Crippen molar-refractivity contribution in [3.8, 4) is 0 Å². The number of hydrazine groups is 1. The fourth-order valence-corrected chi connectivity index (χ4v) is 3.55. The molecule has 0 saturated carbocycles. The average Bonchev–Trinajstić information content (AvgIpc) is 2.78. The normalized spacial score (nSPS) is 10.5. The highest BCUT2D eigenvalue weighted by atomic mass is 35.5. The van der Waals surface area contributed by atoms with Gasteiger partial charge in [0.15, 0.2) is 0 Å². The van der Waals surface area contributed by atoms with E-state index in [9.17, 15) is 9.59 Å². The second-order valence-corrected chi connectivity index (χ2v) is 7.25. The lowest BCUT2D eigenvalue weighted by atomic mass is 10.1. The van der Waals surface area contributed by atoms with Crippen molar-refractivity contribution in [2.75, 3.05) is 10.7 Å². The topological polar surface area (TPSA) is 96.0 Å². The van der Waals surface area contributed by atoms with Crippen LogP contribution in [0.4, 0.5) is 11.4 Å². The number of hydrogen-bond donors (Lipinski definition) is 3. The molecular weight excluding hydrogens is 437 g/mol. The molecule has 4 aromatic rings. The predicted molar refractivity (Wildman–Crippen MR) is 121 cm³/mol. The number of carbonyl (C=O) groups is 2. The van der Waals surface area contributed by atoms with Gasteiger partial charge in [0.1, 0.15) is 0 Å². The molecule has 7 nitrogen and oxygen atoms in total. The summed E-state index contributed by atoms with van der Waals surface area (Å²) in [5.41, 5.74) is 7.73. The maximum absolute atomic E-state index is 12.8. The van der Waals surface area contributed by atoms with Crippen LogP contribution in [0, 0.1) is 0 Å². The molecule has 0 aliphatic carbocycles. The molecule has 0 aliphatic heterocycles. The summed E-state index contributed by atoms with van der Waals surface area (Å²) in [6.45, 7) is 0. The fourth-order valence-electron chi connectivity index (χ4n) is 2.98. The highest BCUT2D eigenvalue weighted by Gasteiger charge is 2.16. The summed E-state index contributed by atoms with van der Waals surface area (Å²) in [7, 11) is 0. The van der Waals surface area contributed by atoms with Crippen LogP contribution in [0.3, 0.4) is 0 Å². The van der Waals surface area contributed by atoms with Gasteiger partial charge >= 0.3 is 0 Å². The standard InChI is InChI=1S/C22H15Cl2N5O2/c23-15-6-2-7-16(24)19(15)22(31)27-18-8-1-5-14-17(9-11-26-20(14)18)28-29-21(30)13-4-3-10-25-12-13/h1-12H,(H,26,28)(H,27,31)(H,29,30). The Labute approximate surface area is 187 Å². The van der Waals surface area contributed by atoms with E-state index in [4.69, 9.17) is 23.2 Å². The number of fused-ring (bicyclic) bond motifs is 1. The first kappa shape index (κ1) is 20.6. The van der Waals surface area contributed by atoms with Gasteiger partial charge in [0, 0.05) is 24.0 Å². The van der Waals surface area contributed by atoms with Crippen LogP contribution in [0.2, 0.25) is 10.0 Å². The summed E-state index contributed by atoms with van der Waals surface area (Å²) in [6.07, 6.45) is 4.63. The van der Waals surface area contributed by atoms with Crippen molar-refractivity contribution in [2.24, 2.45) is 0 Å². The van der Waals surface area contributed by atoms with Gasteiger partial charge in [-0.25, -0.2) is 0 Å². The summed E-state index contributed by atoms with van der Waals surface area (Å²) >= 11 is 12.3. The van der Waals surface area contributed by atoms with Crippen molar-refractivity contribution in [1.82, 2.24) is 15.4 Å². The molecule has 0 spiro atoms. The minimum Gasteiger partial charge on any atom is -0.320 e. The van der Waals surface area contributed by atoms with E-state index >= 15 is 0 Å². The van der Waals surface area contributed by atoms with E-state index in [1.165, 1.54) is 6.20 Å². The molecule has 2 aromatic heterocycles. The van der Waals surface area contributed by atoms with Crippen LogP contribution in [0.25, 0.3) is 10.9 Å². The minimum absolute atomic E-state index is 0.181. The lowest BCUT2D eigenvalue weighted by Gasteiger charge is -2.14. The predicted octanol–water partition coefficient (Wildman–Crippen LogP) is 4.95. The smallest absolute Gasteiger partial charge is 0.271 e. The second kappa shape index (κ2) is 8.99. The third-order valence-corrected chi connectivity index (χ3v) is 5.07. The molecule has 9 heteroatoms. The number of benzene rings is 2. The van der Waals surface area contributed by atoms with E-state index in [2.05, 4.69) is 26.1 Å². The third-order valence-electron chi connectivity index (χ3n) is 4.44. The fraction of sp³-hybridized carbons (Fsp3) is 0. The molecule has 0 aliphatic rings. The van der Waals surface area contributed by atoms with E-state index in [0.29, 0.717) is 27.8 Å². The van der Waals surface area contributed by atoms with Gasteiger partial charge in [0.25, 0.3) is 11.8 Å². The van der Waals surface area contributed by atoms with Crippen molar-refractivity contribution in [1.29, 1.82) is 0 Å². The van der Waals surface area contributed by atoms with Gasteiger partial charge in [0.05, 0.1) is 38.1 Å². The van der Waals surface area contributed by atoms with Crippen LogP contribution in [-0.2, 0) is 0 Å². The SMILES string of the molecule is O=C(NNc1ccnc2c(NC(=O)c3c(Cl)cccc3Cl)cccc12)c1cccnc1.